The molecule has 98 valence electrons. The third kappa shape index (κ3) is 3.35. The smallest absolute Gasteiger partial charge is 0.251 e. The predicted octanol–water partition coefficient (Wildman–Crippen LogP) is 2.87. The summed E-state index contributed by atoms with van der Waals surface area (Å²) in [5, 5.41) is 3.11. The minimum Gasteiger partial charge on any atom is -0.384 e. The van der Waals surface area contributed by atoms with Crippen molar-refractivity contribution in [1.29, 1.82) is 0 Å². The van der Waals surface area contributed by atoms with Crippen molar-refractivity contribution in [1.82, 2.24) is 4.98 Å². The zero-order valence-corrected chi connectivity index (χ0v) is 13.4. The van der Waals surface area contributed by atoms with Gasteiger partial charge in [-0.05, 0) is 62.8 Å². The highest BCUT2D eigenvalue weighted by atomic mass is 127. The van der Waals surface area contributed by atoms with E-state index in [0.29, 0.717) is 11.3 Å². The Morgan fingerprint density at radius 1 is 1.32 bits per heavy atom. The molecule has 0 spiro atoms. The molecule has 1 aromatic carbocycles. The number of nitrogen functional groups attached to an aromatic ring is 1. The number of nitrogens with zero attached hydrogens (tertiary/aromatic N) is 1. The number of carbonyl (C=O) groups excluding carboxylic acids is 1. The maximum absolute atomic E-state index is 11.4. The molecular weight excluding hydrogens is 423 g/mol. The molecule has 7 heteroatoms. The molecule has 2 rings (SSSR count). The van der Waals surface area contributed by atoms with Crippen molar-refractivity contribution < 1.29 is 4.79 Å². The fraction of sp³-hybridized carbons (Fsp3) is 0. The van der Waals surface area contributed by atoms with Gasteiger partial charge in [-0.25, -0.2) is 4.98 Å². The first-order valence-corrected chi connectivity index (χ1v) is 7.12. The molecule has 1 aromatic heterocycles. The number of carbonyl (C=O) groups is 1. The normalized spacial score (nSPS) is 10.2. The summed E-state index contributed by atoms with van der Waals surface area (Å²) in [5.74, 6) is -0.306. The van der Waals surface area contributed by atoms with Crippen molar-refractivity contribution >= 4 is 61.6 Å². The van der Waals surface area contributed by atoms with Crippen LogP contribution >= 0.6 is 38.5 Å². The third-order valence-electron chi connectivity index (χ3n) is 2.39. The number of nitrogens with two attached hydrogens (primary N) is 2. The van der Waals surface area contributed by atoms with Gasteiger partial charge in [-0.3, -0.25) is 4.79 Å². The number of aromatic nitrogens is 1. The number of hydrogen-bond donors (Lipinski definition) is 3. The molecule has 0 fully saturated rings. The second kappa shape index (κ2) is 5.74. The highest BCUT2D eigenvalue weighted by Gasteiger charge is 2.11. The quantitative estimate of drug-likeness (QED) is 0.650. The number of pyridine rings is 1. The van der Waals surface area contributed by atoms with Gasteiger partial charge in [-0.15, -0.1) is 0 Å². The van der Waals surface area contributed by atoms with Gasteiger partial charge in [0, 0.05) is 8.04 Å². The van der Waals surface area contributed by atoms with Crippen LogP contribution in [0.4, 0.5) is 17.2 Å². The van der Waals surface area contributed by atoms with Gasteiger partial charge in [0.25, 0.3) is 5.91 Å². The number of rotatable bonds is 3. The number of benzene rings is 1. The highest BCUT2D eigenvalue weighted by Crippen LogP contribution is 2.29. The summed E-state index contributed by atoms with van der Waals surface area (Å²) in [6.45, 7) is 0. The molecule has 0 aliphatic carbocycles. The van der Waals surface area contributed by atoms with Crippen LogP contribution in [0.3, 0.4) is 0 Å². The summed E-state index contributed by atoms with van der Waals surface area (Å²) in [4.78, 5) is 15.3. The summed E-state index contributed by atoms with van der Waals surface area (Å²) in [6, 6.07) is 7.25. The largest absolute Gasteiger partial charge is 0.384 e. The lowest BCUT2D eigenvalue weighted by Gasteiger charge is -2.12. The highest BCUT2D eigenvalue weighted by molar-refractivity contribution is 14.1. The first kappa shape index (κ1) is 14.1. The lowest BCUT2D eigenvalue weighted by molar-refractivity contribution is 0.100. The Hall–Kier alpha value is -1.35. The molecule has 19 heavy (non-hydrogen) atoms. The van der Waals surface area contributed by atoms with Gasteiger partial charge in [0.1, 0.15) is 5.82 Å². The van der Waals surface area contributed by atoms with Crippen LogP contribution < -0.4 is 16.8 Å². The standard InChI is InChI=1S/C12H10BrIN4O/c13-8-3-6(14)1-2-9(8)18-10-5-17-11(15)4-7(10)12(16)19/h1-5,18H,(H2,15,17)(H2,16,19). The topological polar surface area (TPSA) is 94.0 Å². The number of anilines is 3. The van der Waals surface area contributed by atoms with E-state index < -0.39 is 5.91 Å². The SMILES string of the molecule is NC(=O)c1cc(N)ncc1Nc1ccc(I)cc1Br. The number of hydrogen-bond acceptors (Lipinski definition) is 4. The molecule has 0 radical (unpaired) electrons. The van der Waals surface area contributed by atoms with Gasteiger partial charge in [-0.1, -0.05) is 0 Å². The average Bonchev–Trinajstić information content (AvgIpc) is 2.34. The van der Waals surface area contributed by atoms with E-state index in [9.17, 15) is 4.79 Å². The lowest BCUT2D eigenvalue weighted by atomic mass is 10.2. The van der Waals surface area contributed by atoms with Gasteiger partial charge < -0.3 is 16.8 Å². The molecule has 0 unspecified atom stereocenters. The van der Waals surface area contributed by atoms with Crippen molar-refractivity contribution in [3.05, 3.63) is 44.1 Å². The molecule has 5 N–H and O–H groups in total. The maximum Gasteiger partial charge on any atom is 0.251 e. The second-order valence-corrected chi connectivity index (χ2v) is 5.87. The summed E-state index contributed by atoms with van der Waals surface area (Å²) in [6.07, 6.45) is 1.49. The van der Waals surface area contributed by atoms with Crippen molar-refractivity contribution in [2.24, 2.45) is 5.73 Å². The Kier molecular flexibility index (Phi) is 4.25. The number of nitrogens with one attached hydrogen (secondary N) is 1. The Morgan fingerprint density at radius 2 is 2.05 bits per heavy atom. The Bertz CT molecular complexity index is 648. The fourth-order valence-electron chi connectivity index (χ4n) is 1.51. The average molecular weight is 433 g/mol. The van der Waals surface area contributed by atoms with E-state index in [2.05, 4.69) is 48.8 Å². The zero-order valence-electron chi connectivity index (χ0n) is 9.65. The molecule has 0 bridgehead atoms. The van der Waals surface area contributed by atoms with Gasteiger partial charge in [0.05, 0.1) is 23.1 Å². The molecule has 0 saturated heterocycles. The van der Waals surface area contributed by atoms with E-state index >= 15 is 0 Å². The molecular formula is C12H10BrIN4O. The van der Waals surface area contributed by atoms with Crippen LogP contribution in [0.25, 0.3) is 0 Å². The predicted molar refractivity (Wildman–Crippen MR) is 87.3 cm³/mol. The van der Waals surface area contributed by atoms with E-state index in [1.165, 1.54) is 12.3 Å². The summed E-state index contributed by atoms with van der Waals surface area (Å²) >= 11 is 5.67. The number of primary amides is 1. The van der Waals surface area contributed by atoms with Crippen LogP contribution in [-0.2, 0) is 0 Å². The van der Waals surface area contributed by atoms with E-state index in [0.717, 1.165) is 13.7 Å². The minimum atomic E-state index is -0.557. The maximum atomic E-state index is 11.4. The van der Waals surface area contributed by atoms with Crippen molar-refractivity contribution in [3.63, 3.8) is 0 Å². The molecule has 1 amide bonds. The first-order chi connectivity index (χ1) is 8.97. The zero-order chi connectivity index (χ0) is 14.0. The lowest BCUT2D eigenvalue weighted by Crippen LogP contribution is -2.14. The van der Waals surface area contributed by atoms with Crippen molar-refractivity contribution in [3.8, 4) is 0 Å². The summed E-state index contributed by atoms with van der Waals surface area (Å²) in [5.41, 5.74) is 12.5. The van der Waals surface area contributed by atoms with Gasteiger partial charge in [0.15, 0.2) is 0 Å². The van der Waals surface area contributed by atoms with Gasteiger partial charge in [-0.2, -0.15) is 0 Å². The van der Waals surface area contributed by atoms with Crippen LogP contribution in [0, 0.1) is 3.57 Å². The van der Waals surface area contributed by atoms with E-state index in [1.54, 1.807) is 0 Å². The molecule has 0 aliphatic heterocycles. The molecule has 2 aromatic rings. The van der Waals surface area contributed by atoms with E-state index in [4.69, 9.17) is 11.5 Å². The monoisotopic (exact) mass is 432 g/mol. The van der Waals surface area contributed by atoms with Crippen LogP contribution in [-0.4, -0.2) is 10.9 Å². The van der Waals surface area contributed by atoms with Crippen LogP contribution in [0.15, 0.2) is 34.9 Å². The second-order valence-electron chi connectivity index (χ2n) is 3.77. The molecule has 0 atom stereocenters. The van der Waals surface area contributed by atoms with Crippen LogP contribution in [0.5, 0.6) is 0 Å². The van der Waals surface area contributed by atoms with Crippen molar-refractivity contribution in [2.45, 2.75) is 0 Å². The fourth-order valence-corrected chi connectivity index (χ4v) is 2.91. The summed E-state index contributed by atoms with van der Waals surface area (Å²) in [7, 11) is 0. The Labute approximate surface area is 132 Å². The van der Waals surface area contributed by atoms with E-state index in [-0.39, 0.29) is 5.82 Å². The van der Waals surface area contributed by atoms with Gasteiger partial charge in [0.2, 0.25) is 0 Å². The Morgan fingerprint density at radius 3 is 2.68 bits per heavy atom. The molecule has 0 saturated carbocycles. The number of halogens is 2. The molecule has 1 heterocycles. The van der Waals surface area contributed by atoms with Crippen molar-refractivity contribution in [2.75, 3.05) is 11.1 Å². The Balaban J connectivity index is 2.40. The van der Waals surface area contributed by atoms with Crippen LogP contribution in [0.1, 0.15) is 10.4 Å². The third-order valence-corrected chi connectivity index (χ3v) is 3.72. The molecule has 0 aliphatic rings. The first-order valence-electron chi connectivity index (χ1n) is 5.25. The van der Waals surface area contributed by atoms with Crippen LogP contribution in [0.2, 0.25) is 0 Å². The van der Waals surface area contributed by atoms with Gasteiger partial charge >= 0.3 is 0 Å². The summed E-state index contributed by atoms with van der Waals surface area (Å²) < 4.78 is 1.98. The number of amides is 1. The van der Waals surface area contributed by atoms with E-state index in [1.807, 2.05) is 18.2 Å². The minimum absolute atomic E-state index is 0.251. The molecule has 5 nitrogen and oxygen atoms in total.